The van der Waals surface area contributed by atoms with Gasteiger partial charge in [0.25, 0.3) is 0 Å². The van der Waals surface area contributed by atoms with Crippen LogP contribution in [0.1, 0.15) is 52.9 Å². The summed E-state index contributed by atoms with van der Waals surface area (Å²) in [6.45, 7) is 7.74. The van der Waals surface area contributed by atoms with Gasteiger partial charge in [0.1, 0.15) is 5.54 Å². The van der Waals surface area contributed by atoms with Gasteiger partial charge in [-0.25, -0.2) is 9.59 Å². The minimum Gasteiger partial charge on any atom is -0.480 e. The van der Waals surface area contributed by atoms with Crippen LogP contribution in [0.15, 0.2) is 0 Å². The van der Waals surface area contributed by atoms with Crippen LogP contribution in [0.2, 0.25) is 0 Å². The normalized spacial score (nSPS) is 33.0. The van der Waals surface area contributed by atoms with E-state index in [4.69, 9.17) is 0 Å². The zero-order valence-electron chi connectivity index (χ0n) is 12.7. The second kappa shape index (κ2) is 5.26. The molecule has 2 unspecified atom stereocenters. The molecule has 1 aliphatic carbocycles. The minimum atomic E-state index is -1.07. The fraction of sp³-hybridized carbons (Fsp3) is 0.867. The zero-order chi connectivity index (χ0) is 15.0. The summed E-state index contributed by atoms with van der Waals surface area (Å²) in [5.41, 5.74) is -0.935. The number of aliphatic carboxylic acids is 1. The van der Waals surface area contributed by atoms with Gasteiger partial charge in [-0.1, -0.05) is 33.6 Å². The number of nitrogens with zero attached hydrogens (tertiary/aromatic N) is 1. The van der Waals surface area contributed by atoms with Crippen molar-refractivity contribution >= 4 is 12.0 Å². The van der Waals surface area contributed by atoms with Crippen molar-refractivity contribution in [2.24, 2.45) is 11.3 Å². The molecular formula is C15H26N2O3. The van der Waals surface area contributed by atoms with Gasteiger partial charge in [-0.05, 0) is 30.6 Å². The molecule has 0 spiro atoms. The maximum Gasteiger partial charge on any atom is 0.329 e. The standard InChI is InChI=1S/C15H26N2O3/c1-11-5-4-6-15(9-11,12(18)19)16-13(20)17-8-7-14(2,3)10-17/h11H,4-10H2,1-3H3,(H,16,20)(H,18,19). The van der Waals surface area contributed by atoms with Gasteiger partial charge < -0.3 is 15.3 Å². The van der Waals surface area contributed by atoms with Gasteiger partial charge in [-0.3, -0.25) is 0 Å². The molecule has 2 rings (SSSR count). The second-order valence-corrected chi connectivity index (χ2v) is 7.35. The molecule has 1 heterocycles. The first kappa shape index (κ1) is 15.1. The van der Waals surface area contributed by atoms with E-state index in [0.717, 1.165) is 19.3 Å². The van der Waals surface area contributed by atoms with Crippen molar-refractivity contribution in [3.63, 3.8) is 0 Å². The van der Waals surface area contributed by atoms with Crippen LogP contribution in [0, 0.1) is 11.3 Å². The third-order valence-electron chi connectivity index (χ3n) is 4.72. The highest BCUT2D eigenvalue weighted by Crippen LogP contribution is 2.34. The van der Waals surface area contributed by atoms with E-state index in [0.29, 0.717) is 31.8 Å². The molecule has 1 saturated heterocycles. The molecule has 0 radical (unpaired) electrons. The fourth-order valence-corrected chi connectivity index (χ4v) is 3.48. The summed E-state index contributed by atoms with van der Waals surface area (Å²) in [6, 6.07) is -0.216. The monoisotopic (exact) mass is 282 g/mol. The van der Waals surface area contributed by atoms with Crippen LogP contribution in [0.4, 0.5) is 4.79 Å². The largest absolute Gasteiger partial charge is 0.480 e. The summed E-state index contributed by atoms with van der Waals surface area (Å²) in [4.78, 5) is 25.8. The Morgan fingerprint density at radius 1 is 1.30 bits per heavy atom. The van der Waals surface area contributed by atoms with Crippen LogP contribution < -0.4 is 5.32 Å². The first-order chi connectivity index (χ1) is 9.24. The molecule has 1 aliphatic heterocycles. The zero-order valence-corrected chi connectivity index (χ0v) is 12.7. The second-order valence-electron chi connectivity index (χ2n) is 7.35. The lowest BCUT2D eigenvalue weighted by molar-refractivity contribution is -0.146. The lowest BCUT2D eigenvalue weighted by atomic mass is 9.76. The number of amides is 2. The number of carbonyl (C=O) groups is 2. The van der Waals surface area contributed by atoms with Gasteiger partial charge in [0.05, 0.1) is 0 Å². The van der Waals surface area contributed by atoms with E-state index >= 15 is 0 Å². The Labute approximate surface area is 120 Å². The third-order valence-corrected chi connectivity index (χ3v) is 4.72. The highest BCUT2D eigenvalue weighted by atomic mass is 16.4. The Morgan fingerprint density at radius 3 is 2.50 bits per heavy atom. The molecule has 2 amide bonds. The third kappa shape index (κ3) is 3.07. The van der Waals surface area contributed by atoms with Crippen LogP contribution >= 0.6 is 0 Å². The molecule has 0 aromatic carbocycles. The molecule has 2 atom stereocenters. The van der Waals surface area contributed by atoms with Gasteiger partial charge in [0, 0.05) is 13.1 Å². The average molecular weight is 282 g/mol. The van der Waals surface area contributed by atoms with Crippen molar-refractivity contribution in [1.82, 2.24) is 10.2 Å². The van der Waals surface area contributed by atoms with E-state index in [1.165, 1.54) is 0 Å². The molecule has 1 saturated carbocycles. The van der Waals surface area contributed by atoms with Gasteiger partial charge in [-0.2, -0.15) is 0 Å². The highest BCUT2D eigenvalue weighted by Gasteiger charge is 2.44. The predicted octanol–water partition coefficient (Wildman–Crippen LogP) is 2.46. The summed E-state index contributed by atoms with van der Waals surface area (Å²) in [5, 5.41) is 12.4. The average Bonchev–Trinajstić information content (AvgIpc) is 2.69. The number of carboxylic acid groups (broad SMARTS) is 1. The van der Waals surface area contributed by atoms with Gasteiger partial charge in [-0.15, -0.1) is 0 Å². The molecule has 5 heteroatoms. The van der Waals surface area contributed by atoms with E-state index in [2.05, 4.69) is 26.1 Å². The number of carboxylic acids is 1. The SMILES string of the molecule is CC1CCCC(NC(=O)N2CCC(C)(C)C2)(C(=O)O)C1. The Kier molecular flexibility index (Phi) is 3.98. The van der Waals surface area contributed by atoms with Crippen LogP contribution in [0.5, 0.6) is 0 Å². The number of hydrogen-bond acceptors (Lipinski definition) is 2. The Balaban J connectivity index is 2.05. The molecule has 2 aliphatic rings. The number of carbonyl (C=O) groups excluding carboxylic acids is 1. The number of nitrogens with one attached hydrogen (secondary N) is 1. The van der Waals surface area contributed by atoms with Crippen LogP contribution in [-0.2, 0) is 4.79 Å². The lowest BCUT2D eigenvalue weighted by Crippen LogP contribution is -2.59. The Morgan fingerprint density at radius 2 is 2.00 bits per heavy atom. The van der Waals surface area contributed by atoms with Crippen LogP contribution in [0.25, 0.3) is 0 Å². The number of rotatable bonds is 2. The van der Waals surface area contributed by atoms with Gasteiger partial charge >= 0.3 is 12.0 Å². The van der Waals surface area contributed by atoms with Crippen LogP contribution in [0.3, 0.4) is 0 Å². The van der Waals surface area contributed by atoms with Crippen molar-refractivity contribution in [2.45, 2.75) is 58.4 Å². The topological polar surface area (TPSA) is 69.6 Å². The predicted molar refractivity (Wildman–Crippen MR) is 76.5 cm³/mol. The van der Waals surface area contributed by atoms with Crippen LogP contribution in [-0.4, -0.2) is 40.6 Å². The van der Waals surface area contributed by atoms with Crippen molar-refractivity contribution in [2.75, 3.05) is 13.1 Å². The quantitative estimate of drug-likeness (QED) is 0.817. The fourth-order valence-electron chi connectivity index (χ4n) is 3.48. The van der Waals surface area contributed by atoms with Gasteiger partial charge in [0.2, 0.25) is 0 Å². The number of hydrogen-bond donors (Lipinski definition) is 2. The molecule has 5 nitrogen and oxygen atoms in total. The van der Waals surface area contributed by atoms with E-state index < -0.39 is 11.5 Å². The molecule has 2 N–H and O–H groups in total. The summed E-state index contributed by atoms with van der Waals surface area (Å²) < 4.78 is 0. The Bertz CT molecular complexity index is 408. The van der Waals surface area contributed by atoms with E-state index in [1.807, 2.05) is 0 Å². The summed E-state index contributed by atoms with van der Waals surface area (Å²) in [5.74, 6) is -0.550. The summed E-state index contributed by atoms with van der Waals surface area (Å²) in [7, 11) is 0. The molecule has 2 fully saturated rings. The summed E-state index contributed by atoms with van der Waals surface area (Å²) >= 11 is 0. The number of likely N-dealkylation sites (tertiary alicyclic amines) is 1. The smallest absolute Gasteiger partial charge is 0.329 e. The Hall–Kier alpha value is -1.26. The van der Waals surface area contributed by atoms with Crippen molar-refractivity contribution < 1.29 is 14.7 Å². The molecule has 0 aromatic heterocycles. The molecule has 0 bridgehead atoms. The molecule has 0 aromatic rings. The number of urea groups is 1. The molecule has 114 valence electrons. The maximum absolute atomic E-state index is 12.4. The van der Waals surface area contributed by atoms with E-state index in [-0.39, 0.29) is 11.4 Å². The van der Waals surface area contributed by atoms with Crippen molar-refractivity contribution in [1.29, 1.82) is 0 Å². The van der Waals surface area contributed by atoms with Crippen molar-refractivity contribution in [3.8, 4) is 0 Å². The van der Waals surface area contributed by atoms with Crippen molar-refractivity contribution in [3.05, 3.63) is 0 Å². The minimum absolute atomic E-state index is 0.133. The first-order valence-electron chi connectivity index (χ1n) is 7.55. The highest BCUT2D eigenvalue weighted by molar-refractivity contribution is 5.86. The van der Waals surface area contributed by atoms with Gasteiger partial charge in [0.15, 0.2) is 0 Å². The van der Waals surface area contributed by atoms with E-state index in [9.17, 15) is 14.7 Å². The molecule has 20 heavy (non-hydrogen) atoms. The lowest BCUT2D eigenvalue weighted by Gasteiger charge is -2.38. The van der Waals surface area contributed by atoms with E-state index in [1.54, 1.807) is 4.90 Å². The first-order valence-corrected chi connectivity index (χ1v) is 7.55. The maximum atomic E-state index is 12.4. The summed E-state index contributed by atoms with van der Waals surface area (Å²) in [6.07, 6.45) is 3.94. The molecular weight excluding hydrogens is 256 g/mol.